The molecule has 0 radical (unpaired) electrons. The van der Waals surface area contributed by atoms with Crippen LogP contribution in [0, 0.1) is 25.5 Å². The van der Waals surface area contributed by atoms with E-state index >= 15 is 0 Å². The van der Waals surface area contributed by atoms with E-state index in [0.29, 0.717) is 11.1 Å². The van der Waals surface area contributed by atoms with Gasteiger partial charge in [-0.1, -0.05) is 72.8 Å². The van der Waals surface area contributed by atoms with E-state index in [-0.39, 0.29) is 11.6 Å². The number of aryl methyl sites for hydroxylation is 2. The van der Waals surface area contributed by atoms with Gasteiger partial charge in [0.2, 0.25) is 0 Å². The summed E-state index contributed by atoms with van der Waals surface area (Å²) in [6, 6.07) is 22.8. The van der Waals surface area contributed by atoms with Crippen molar-refractivity contribution in [3.8, 4) is 0 Å². The minimum atomic E-state index is -0.205. The number of rotatable bonds is 4. The summed E-state index contributed by atoms with van der Waals surface area (Å²) in [4.78, 5) is 0. The fourth-order valence-electron chi connectivity index (χ4n) is 3.40. The fourth-order valence-corrected chi connectivity index (χ4v) is 3.40. The van der Waals surface area contributed by atoms with Gasteiger partial charge in [-0.25, -0.2) is 8.78 Å². The number of benzene rings is 4. The molecular weight excluding hydrogens is 374 g/mol. The first kappa shape index (κ1) is 19.8. The zero-order valence-corrected chi connectivity index (χ0v) is 17.0. The van der Waals surface area contributed by atoms with Gasteiger partial charge in [-0.15, -0.1) is 0 Å². The molecule has 0 N–H and O–H groups in total. The van der Waals surface area contributed by atoms with E-state index in [1.54, 1.807) is 38.1 Å². The van der Waals surface area contributed by atoms with Crippen molar-refractivity contribution in [1.29, 1.82) is 0 Å². The van der Waals surface area contributed by atoms with E-state index in [9.17, 15) is 8.78 Å². The molecule has 4 rings (SSSR count). The van der Waals surface area contributed by atoms with Crippen LogP contribution in [0.5, 0.6) is 0 Å². The molecule has 0 saturated heterocycles. The van der Waals surface area contributed by atoms with Gasteiger partial charge in [-0.2, -0.15) is 0 Å². The predicted molar refractivity (Wildman–Crippen MR) is 124 cm³/mol. The first-order chi connectivity index (χ1) is 14.5. The van der Waals surface area contributed by atoms with E-state index < -0.39 is 0 Å². The summed E-state index contributed by atoms with van der Waals surface area (Å²) in [5.41, 5.74) is 4.97. The van der Waals surface area contributed by atoms with Gasteiger partial charge < -0.3 is 0 Å². The van der Waals surface area contributed by atoms with Crippen molar-refractivity contribution in [3.05, 3.63) is 118 Å². The summed E-state index contributed by atoms with van der Waals surface area (Å²) >= 11 is 0. The topological polar surface area (TPSA) is 0 Å². The zero-order valence-electron chi connectivity index (χ0n) is 17.0. The average Bonchev–Trinajstić information content (AvgIpc) is 2.75. The molecule has 0 amide bonds. The largest absolute Gasteiger partial charge is 0.207 e. The molecule has 4 aromatic rings. The maximum absolute atomic E-state index is 13.9. The van der Waals surface area contributed by atoms with Crippen LogP contribution in [0.1, 0.15) is 33.4 Å². The van der Waals surface area contributed by atoms with Crippen molar-refractivity contribution in [2.24, 2.45) is 0 Å². The number of hydrogen-bond acceptors (Lipinski definition) is 0. The third-order valence-corrected chi connectivity index (χ3v) is 5.23. The summed E-state index contributed by atoms with van der Waals surface area (Å²) < 4.78 is 27.7. The van der Waals surface area contributed by atoms with Crippen molar-refractivity contribution < 1.29 is 8.78 Å². The summed E-state index contributed by atoms with van der Waals surface area (Å²) in [5.74, 6) is -0.409. The lowest BCUT2D eigenvalue weighted by Crippen LogP contribution is -1.85. The van der Waals surface area contributed by atoms with Gasteiger partial charge in [-0.3, -0.25) is 0 Å². The predicted octanol–water partition coefficient (Wildman–Crippen LogP) is 8.08. The summed E-state index contributed by atoms with van der Waals surface area (Å²) in [6.45, 7) is 3.51. The van der Waals surface area contributed by atoms with Crippen LogP contribution in [0.4, 0.5) is 8.78 Å². The highest BCUT2D eigenvalue weighted by Gasteiger charge is 2.02. The molecule has 148 valence electrons. The highest BCUT2D eigenvalue weighted by molar-refractivity contribution is 5.95. The SMILES string of the molecule is Cc1ccc(/C=C/c2cc(/C=C/c3ccc(C)c(F)c3)c3ccccc3c2)cc1F. The van der Waals surface area contributed by atoms with Crippen molar-refractivity contribution in [3.63, 3.8) is 0 Å². The Labute approximate surface area is 175 Å². The standard InChI is InChI=1S/C28H22F2/c1-19-7-9-21(17-27(19)29)11-12-23-15-24-5-3-4-6-26(24)25(16-23)14-13-22-10-8-20(2)28(30)18-22/h3-18H,1-2H3/b12-11+,14-13+. The quantitative estimate of drug-likeness (QED) is 0.306. The molecule has 4 aromatic carbocycles. The molecule has 30 heavy (non-hydrogen) atoms. The van der Waals surface area contributed by atoms with Crippen LogP contribution in [0.15, 0.2) is 72.8 Å². The molecule has 2 heteroatoms. The Morgan fingerprint density at radius 3 is 1.77 bits per heavy atom. The highest BCUT2D eigenvalue weighted by atomic mass is 19.1. The lowest BCUT2D eigenvalue weighted by atomic mass is 9.99. The Balaban J connectivity index is 1.71. The first-order valence-corrected chi connectivity index (χ1v) is 9.91. The van der Waals surface area contributed by atoms with Gasteiger partial charge in [0.1, 0.15) is 11.6 Å². The first-order valence-electron chi connectivity index (χ1n) is 9.91. The maximum Gasteiger partial charge on any atom is 0.126 e. The molecule has 0 nitrogen and oxygen atoms in total. The van der Waals surface area contributed by atoms with E-state index in [2.05, 4.69) is 24.3 Å². The summed E-state index contributed by atoms with van der Waals surface area (Å²) in [6.07, 6.45) is 7.83. The van der Waals surface area contributed by atoms with E-state index in [1.165, 1.54) is 0 Å². The van der Waals surface area contributed by atoms with Crippen molar-refractivity contribution in [2.75, 3.05) is 0 Å². The second-order valence-corrected chi connectivity index (χ2v) is 7.52. The van der Waals surface area contributed by atoms with Crippen LogP contribution < -0.4 is 0 Å². The van der Waals surface area contributed by atoms with Gasteiger partial charge in [0.25, 0.3) is 0 Å². The van der Waals surface area contributed by atoms with Gasteiger partial charge in [0, 0.05) is 0 Å². The van der Waals surface area contributed by atoms with Gasteiger partial charge in [0.15, 0.2) is 0 Å². The summed E-state index contributed by atoms with van der Waals surface area (Å²) in [5, 5.41) is 2.24. The minimum Gasteiger partial charge on any atom is -0.207 e. The molecule has 0 aliphatic carbocycles. The third-order valence-electron chi connectivity index (χ3n) is 5.23. The molecule has 0 bridgehead atoms. The van der Waals surface area contributed by atoms with Crippen LogP contribution in [0.2, 0.25) is 0 Å². The lowest BCUT2D eigenvalue weighted by Gasteiger charge is -2.06. The smallest absolute Gasteiger partial charge is 0.126 e. The van der Waals surface area contributed by atoms with Crippen molar-refractivity contribution in [2.45, 2.75) is 13.8 Å². The molecule has 0 atom stereocenters. The monoisotopic (exact) mass is 396 g/mol. The van der Waals surface area contributed by atoms with Crippen LogP contribution in [-0.2, 0) is 0 Å². The maximum atomic E-state index is 13.9. The Hall–Kier alpha value is -3.52. The average molecular weight is 396 g/mol. The van der Waals surface area contributed by atoms with E-state index in [4.69, 9.17) is 0 Å². The van der Waals surface area contributed by atoms with Crippen LogP contribution in [0.25, 0.3) is 35.1 Å². The molecule has 0 aliphatic rings. The Kier molecular flexibility index (Phi) is 5.58. The van der Waals surface area contributed by atoms with Crippen LogP contribution in [0.3, 0.4) is 0 Å². The molecule has 0 saturated carbocycles. The van der Waals surface area contributed by atoms with Crippen molar-refractivity contribution >= 4 is 35.1 Å². The van der Waals surface area contributed by atoms with Gasteiger partial charge in [-0.05, 0) is 82.3 Å². The summed E-state index contributed by atoms with van der Waals surface area (Å²) in [7, 11) is 0. The van der Waals surface area contributed by atoms with Gasteiger partial charge >= 0.3 is 0 Å². The van der Waals surface area contributed by atoms with Crippen LogP contribution in [-0.4, -0.2) is 0 Å². The molecule has 0 spiro atoms. The molecule has 0 heterocycles. The Morgan fingerprint density at radius 1 is 0.567 bits per heavy atom. The Morgan fingerprint density at radius 2 is 1.13 bits per heavy atom. The van der Waals surface area contributed by atoms with Gasteiger partial charge in [0.05, 0.1) is 0 Å². The molecule has 0 fully saturated rings. The Bertz CT molecular complexity index is 1280. The van der Waals surface area contributed by atoms with Crippen LogP contribution >= 0.6 is 0 Å². The number of halogens is 2. The number of fused-ring (bicyclic) bond motifs is 1. The second kappa shape index (κ2) is 8.46. The van der Waals surface area contributed by atoms with E-state index in [0.717, 1.165) is 33.0 Å². The third kappa shape index (κ3) is 4.38. The normalized spacial score (nSPS) is 11.7. The van der Waals surface area contributed by atoms with E-state index in [1.807, 2.05) is 48.6 Å². The highest BCUT2D eigenvalue weighted by Crippen LogP contribution is 2.25. The molecule has 0 aromatic heterocycles. The second-order valence-electron chi connectivity index (χ2n) is 7.52. The lowest BCUT2D eigenvalue weighted by molar-refractivity contribution is 0.618. The molecule has 0 unspecified atom stereocenters. The number of hydrogen-bond donors (Lipinski definition) is 0. The molecule has 0 aliphatic heterocycles. The zero-order chi connectivity index (χ0) is 21.1. The minimum absolute atomic E-state index is 0.204. The fraction of sp³-hybridized carbons (Fsp3) is 0.0714. The van der Waals surface area contributed by atoms with Crippen molar-refractivity contribution in [1.82, 2.24) is 0 Å². The molecular formula is C28H22F2.